The number of aromatic nitrogens is 1. The minimum Gasteiger partial charge on any atom is -0.497 e. The Kier molecular flexibility index (Phi) is 5.48. The van der Waals surface area contributed by atoms with Gasteiger partial charge in [0.05, 0.1) is 13.0 Å². The van der Waals surface area contributed by atoms with Gasteiger partial charge in [-0.3, -0.25) is 9.59 Å². The Hall–Kier alpha value is -3.28. The van der Waals surface area contributed by atoms with E-state index in [2.05, 4.69) is 10.3 Å². The van der Waals surface area contributed by atoms with Crippen LogP contribution in [0.1, 0.15) is 23.1 Å². The lowest BCUT2D eigenvalue weighted by molar-refractivity contribution is -0.126. The number of amides is 2. The molecule has 1 aliphatic rings. The second-order valence-corrected chi connectivity index (χ2v) is 7.94. The van der Waals surface area contributed by atoms with E-state index in [9.17, 15) is 9.59 Å². The lowest BCUT2D eigenvalue weighted by Gasteiger charge is -2.18. The molecule has 1 aliphatic heterocycles. The van der Waals surface area contributed by atoms with Crippen molar-refractivity contribution >= 4 is 28.4 Å². The third-order valence-electron chi connectivity index (χ3n) is 5.97. The number of nitrogens with one attached hydrogen (secondary N) is 2. The van der Waals surface area contributed by atoms with Gasteiger partial charge in [0.25, 0.3) is 0 Å². The van der Waals surface area contributed by atoms with Crippen LogP contribution in [0.25, 0.3) is 10.9 Å². The number of ether oxygens (including phenoxy) is 1. The van der Waals surface area contributed by atoms with Crippen LogP contribution < -0.4 is 15.0 Å². The van der Waals surface area contributed by atoms with Crippen LogP contribution in [0.3, 0.4) is 0 Å². The molecule has 0 unspecified atom stereocenters. The summed E-state index contributed by atoms with van der Waals surface area (Å²) in [5.74, 6) is 0.430. The third kappa shape index (κ3) is 3.90. The lowest BCUT2D eigenvalue weighted by Crippen LogP contribution is -2.34. The van der Waals surface area contributed by atoms with Crippen LogP contribution in [0.4, 0.5) is 5.69 Å². The van der Waals surface area contributed by atoms with Gasteiger partial charge in [-0.15, -0.1) is 0 Å². The van der Waals surface area contributed by atoms with Crippen molar-refractivity contribution in [3.8, 4) is 5.75 Å². The van der Waals surface area contributed by atoms with Gasteiger partial charge in [0, 0.05) is 42.3 Å². The number of anilines is 1. The maximum atomic E-state index is 12.7. The maximum Gasteiger partial charge on any atom is 0.227 e. The first-order valence-electron chi connectivity index (χ1n) is 10.3. The molecule has 1 saturated heterocycles. The number of aryl methyl sites for hydroxylation is 2. The van der Waals surface area contributed by atoms with Crippen molar-refractivity contribution in [1.82, 2.24) is 10.3 Å². The molecule has 1 atom stereocenters. The Morgan fingerprint density at radius 2 is 2.03 bits per heavy atom. The van der Waals surface area contributed by atoms with Gasteiger partial charge in [-0.05, 0) is 67.3 Å². The Balaban J connectivity index is 1.36. The van der Waals surface area contributed by atoms with Crippen molar-refractivity contribution in [3.05, 3.63) is 59.3 Å². The molecule has 0 aliphatic carbocycles. The summed E-state index contributed by atoms with van der Waals surface area (Å²) in [6, 6.07) is 11.9. The molecule has 6 heteroatoms. The average Bonchev–Trinajstić information content (AvgIpc) is 3.33. The molecule has 0 radical (unpaired) electrons. The minimum atomic E-state index is -0.317. The molecule has 2 heterocycles. The molecule has 156 valence electrons. The monoisotopic (exact) mass is 405 g/mol. The highest BCUT2D eigenvalue weighted by molar-refractivity contribution is 6.00. The summed E-state index contributed by atoms with van der Waals surface area (Å²) in [5, 5.41) is 4.10. The Morgan fingerprint density at radius 1 is 1.20 bits per heavy atom. The molecular formula is C24H27N3O3. The molecule has 1 aromatic heterocycles. The third-order valence-corrected chi connectivity index (χ3v) is 5.97. The summed E-state index contributed by atoms with van der Waals surface area (Å²) in [7, 11) is 1.65. The van der Waals surface area contributed by atoms with Gasteiger partial charge < -0.3 is 19.9 Å². The molecular weight excluding hydrogens is 378 g/mol. The van der Waals surface area contributed by atoms with Crippen LogP contribution in [0, 0.1) is 19.8 Å². The van der Waals surface area contributed by atoms with Crippen LogP contribution in [0.5, 0.6) is 5.75 Å². The average molecular weight is 405 g/mol. The van der Waals surface area contributed by atoms with E-state index in [1.54, 1.807) is 12.0 Å². The van der Waals surface area contributed by atoms with Crippen LogP contribution in [0.2, 0.25) is 0 Å². The Labute approximate surface area is 176 Å². The van der Waals surface area contributed by atoms with E-state index in [1.165, 1.54) is 5.56 Å². The topological polar surface area (TPSA) is 74.4 Å². The number of fused-ring (bicyclic) bond motifs is 1. The number of carbonyl (C=O) groups is 2. The van der Waals surface area contributed by atoms with Gasteiger partial charge >= 0.3 is 0 Å². The van der Waals surface area contributed by atoms with Crippen molar-refractivity contribution in [3.63, 3.8) is 0 Å². The zero-order valence-electron chi connectivity index (χ0n) is 17.6. The van der Waals surface area contributed by atoms with Gasteiger partial charge in [0.2, 0.25) is 11.8 Å². The fourth-order valence-electron chi connectivity index (χ4n) is 3.98. The number of methoxy groups -OCH3 is 1. The number of benzene rings is 2. The molecule has 4 rings (SSSR count). The highest BCUT2D eigenvalue weighted by Gasteiger charge is 2.35. The van der Waals surface area contributed by atoms with Gasteiger partial charge in [0.15, 0.2) is 0 Å². The summed E-state index contributed by atoms with van der Waals surface area (Å²) in [6.07, 6.45) is 2.93. The minimum absolute atomic E-state index is 0.00197. The molecule has 0 saturated carbocycles. The van der Waals surface area contributed by atoms with Crippen molar-refractivity contribution < 1.29 is 14.3 Å². The van der Waals surface area contributed by atoms with Crippen LogP contribution in [-0.4, -0.2) is 37.0 Å². The molecule has 2 aromatic carbocycles. The smallest absolute Gasteiger partial charge is 0.227 e. The Bertz CT molecular complexity index is 1100. The van der Waals surface area contributed by atoms with Crippen LogP contribution in [-0.2, 0) is 16.0 Å². The molecule has 2 N–H and O–H groups in total. The quantitative estimate of drug-likeness (QED) is 0.659. The van der Waals surface area contributed by atoms with E-state index in [0.717, 1.165) is 33.5 Å². The predicted octanol–water partition coefficient (Wildman–Crippen LogP) is 3.51. The summed E-state index contributed by atoms with van der Waals surface area (Å²) < 4.78 is 5.31. The summed E-state index contributed by atoms with van der Waals surface area (Å²) in [6.45, 7) is 5.03. The first-order chi connectivity index (χ1) is 14.5. The van der Waals surface area contributed by atoms with Gasteiger partial charge in [-0.25, -0.2) is 0 Å². The molecule has 6 nitrogen and oxygen atoms in total. The molecule has 2 amide bonds. The summed E-state index contributed by atoms with van der Waals surface area (Å²) in [4.78, 5) is 30.1. The number of hydrogen-bond acceptors (Lipinski definition) is 3. The number of nitrogens with zero attached hydrogens (tertiary/aromatic N) is 1. The second kappa shape index (κ2) is 8.22. The van der Waals surface area contributed by atoms with Gasteiger partial charge in [-0.1, -0.05) is 6.07 Å². The molecule has 0 bridgehead atoms. The second-order valence-electron chi connectivity index (χ2n) is 7.94. The van der Waals surface area contributed by atoms with Crippen molar-refractivity contribution in [2.45, 2.75) is 26.7 Å². The standard InChI is InChI=1S/C24H27N3O3/c1-15-4-5-19(10-16(15)2)27-14-18(11-23(27)28)24(29)25-9-8-17-13-26-22-7-6-20(30-3)12-21(17)22/h4-7,10,12-13,18,26H,8-9,11,14H2,1-3H3,(H,25,29)/t18-/m0/s1. The number of H-pyrrole nitrogens is 1. The number of hydrogen-bond donors (Lipinski definition) is 2. The number of carbonyl (C=O) groups excluding carboxylic acids is 2. The van der Waals surface area contributed by atoms with E-state index in [0.29, 0.717) is 19.5 Å². The van der Waals surface area contributed by atoms with E-state index in [-0.39, 0.29) is 24.2 Å². The van der Waals surface area contributed by atoms with E-state index in [1.807, 2.05) is 56.4 Å². The largest absolute Gasteiger partial charge is 0.497 e. The SMILES string of the molecule is COc1ccc2[nH]cc(CCNC(=O)[C@H]3CC(=O)N(c4ccc(C)c(C)c4)C3)c2c1. The summed E-state index contributed by atoms with van der Waals surface area (Å²) >= 11 is 0. The first-order valence-corrected chi connectivity index (χ1v) is 10.3. The highest BCUT2D eigenvalue weighted by atomic mass is 16.5. The van der Waals surface area contributed by atoms with Crippen molar-refractivity contribution in [1.29, 1.82) is 0 Å². The predicted molar refractivity (Wildman–Crippen MR) is 118 cm³/mol. The van der Waals surface area contributed by atoms with Crippen LogP contribution in [0.15, 0.2) is 42.6 Å². The van der Waals surface area contributed by atoms with Crippen LogP contribution >= 0.6 is 0 Å². The number of rotatable bonds is 6. The van der Waals surface area contributed by atoms with E-state index in [4.69, 9.17) is 4.74 Å². The van der Waals surface area contributed by atoms with E-state index >= 15 is 0 Å². The maximum absolute atomic E-state index is 12.7. The Morgan fingerprint density at radius 3 is 2.80 bits per heavy atom. The zero-order chi connectivity index (χ0) is 21.3. The fourth-order valence-corrected chi connectivity index (χ4v) is 3.98. The molecule has 30 heavy (non-hydrogen) atoms. The lowest BCUT2D eigenvalue weighted by atomic mass is 10.1. The highest BCUT2D eigenvalue weighted by Crippen LogP contribution is 2.27. The molecule has 3 aromatic rings. The van der Waals surface area contributed by atoms with Crippen molar-refractivity contribution in [2.24, 2.45) is 5.92 Å². The molecule has 0 spiro atoms. The van der Waals surface area contributed by atoms with Gasteiger partial charge in [0.1, 0.15) is 5.75 Å². The first kappa shape index (κ1) is 20.0. The normalized spacial score (nSPS) is 16.3. The summed E-state index contributed by atoms with van der Waals surface area (Å²) in [5.41, 5.74) is 5.37. The zero-order valence-corrected chi connectivity index (χ0v) is 17.6. The van der Waals surface area contributed by atoms with E-state index < -0.39 is 0 Å². The van der Waals surface area contributed by atoms with Crippen molar-refractivity contribution in [2.75, 3.05) is 25.1 Å². The fraction of sp³-hybridized carbons (Fsp3) is 0.333. The molecule has 1 fully saturated rings. The number of aromatic amines is 1. The van der Waals surface area contributed by atoms with Gasteiger partial charge in [-0.2, -0.15) is 0 Å².